The van der Waals surface area contributed by atoms with E-state index in [1.807, 2.05) is 31.3 Å². The van der Waals surface area contributed by atoms with Crippen LogP contribution in [0.1, 0.15) is 35.2 Å². The molecule has 0 spiro atoms. The Hall–Kier alpha value is -2.86. The maximum absolute atomic E-state index is 14.1. The highest BCUT2D eigenvalue weighted by molar-refractivity contribution is 6.12. The largest absolute Gasteiger partial charge is 0.394 e. The summed E-state index contributed by atoms with van der Waals surface area (Å²) < 4.78 is 27.6. The highest BCUT2D eigenvalue weighted by Crippen LogP contribution is 2.37. The Balaban J connectivity index is 1.67. The van der Waals surface area contributed by atoms with E-state index in [0.29, 0.717) is 13.0 Å². The third-order valence-electron chi connectivity index (χ3n) is 5.74. The zero-order chi connectivity index (χ0) is 20.5. The molecule has 29 heavy (non-hydrogen) atoms. The number of carbonyl (C=O) groups excluding carboxylic acids is 1. The predicted molar refractivity (Wildman–Crippen MR) is 108 cm³/mol. The summed E-state index contributed by atoms with van der Waals surface area (Å²) in [5.74, 6) is -2.30. The molecule has 0 saturated carbocycles. The van der Waals surface area contributed by atoms with E-state index in [4.69, 9.17) is 0 Å². The molecule has 2 aliphatic heterocycles. The monoisotopic (exact) mass is 396 g/mol. The van der Waals surface area contributed by atoms with Crippen molar-refractivity contribution in [2.45, 2.75) is 31.8 Å². The van der Waals surface area contributed by atoms with Gasteiger partial charge in [0.05, 0.1) is 31.7 Å². The van der Waals surface area contributed by atoms with E-state index in [0.717, 1.165) is 28.3 Å². The van der Waals surface area contributed by atoms with Gasteiger partial charge >= 0.3 is 0 Å². The van der Waals surface area contributed by atoms with Crippen LogP contribution in [0.25, 0.3) is 5.57 Å². The van der Waals surface area contributed by atoms with Crippen molar-refractivity contribution in [3.8, 4) is 0 Å². The van der Waals surface area contributed by atoms with E-state index in [1.165, 1.54) is 12.1 Å². The number of nitrogens with zero attached hydrogens (tertiary/aromatic N) is 2. The summed E-state index contributed by atoms with van der Waals surface area (Å²) in [4.78, 5) is 18.9. The molecule has 0 aromatic heterocycles. The van der Waals surface area contributed by atoms with E-state index in [9.17, 15) is 18.7 Å². The van der Waals surface area contributed by atoms with Crippen LogP contribution in [0.15, 0.2) is 47.5 Å². The topological polar surface area (TPSA) is 52.9 Å². The van der Waals surface area contributed by atoms with Crippen LogP contribution in [0.5, 0.6) is 0 Å². The number of halogens is 2. The van der Waals surface area contributed by atoms with Gasteiger partial charge in [-0.15, -0.1) is 0 Å². The minimum absolute atomic E-state index is 0.0192. The Morgan fingerprint density at radius 2 is 2.03 bits per heavy atom. The van der Waals surface area contributed by atoms with Crippen molar-refractivity contribution < 1.29 is 18.7 Å². The van der Waals surface area contributed by atoms with Gasteiger partial charge in [-0.05, 0) is 41.7 Å². The van der Waals surface area contributed by atoms with Crippen LogP contribution in [0.4, 0.5) is 8.78 Å². The van der Waals surface area contributed by atoms with Crippen molar-refractivity contribution >= 4 is 17.7 Å². The number of allylic oxidation sites excluding steroid dienone is 1. The van der Waals surface area contributed by atoms with E-state index in [1.54, 1.807) is 4.90 Å². The third kappa shape index (κ3) is 3.49. The number of rotatable bonds is 4. The van der Waals surface area contributed by atoms with Crippen molar-refractivity contribution in [3.05, 3.63) is 76.4 Å². The quantitative estimate of drug-likeness (QED) is 0.860. The first kappa shape index (κ1) is 19.5. The first-order valence-electron chi connectivity index (χ1n) is 9.68. The Bertz CT molecular complexity index is 1020. The molecule has 0 aliphatic carbocycles. The van der Waals surface area contributed by atoms with Gasteiger partial charge in [0, 0.05) is 11.8 Å². The van der Waals surface area contributed by atoms with Gasteiger partial charge < -0.3 is 10.0 Å². The minimum atomic E-state index is -0.999. The molecule has 150 valence electrons. The standard InChI is InChI=1S/C23H22F2N2O2/c1-14-18-5-3-6-19(16-8-9-26-12-16)20(18)11-17(13-28)27(14)22(29)10-15-4-2-7-21(24)23(15)25/h2-8,12,14,17,28H,9-11,13H2,1H3/t14-,17+/m0/s1. The maximum atomic E-state index is 14.1. The van der Waals surface area contributed by atoms with Gasteiger partial charge in [0.2, 0.25) is 5.91 Å². The minimum Gasteiger partial charge on any atom is -0.394 e. The molecule has 2 atom stereocenters. The van der Waals surface area contributed by atoms with Gasteiger partial charge in [-0.1, -0.05) is 36.4 Å². The molecule has 0 fully saturated rings. The van der Waals surface area contributed by atoms with Crippen LogP contribution in [0.2, 0.25) is 0 Å². The van der Waals surface area contributed by atoms with E-state index >= 15 is 0 Å². The summed E-state index contributed by atoms with van der Waals surface area (Å²) in [6.45, 7) is 2.35. The molecule has 4 nitrogen and oxygen atoms in total. The van der Waals surface area contributed by atoms with Crippen LogP contribution >= 0.6 is 0 Å². The van der Waals surface area contributed by atoms with Crippen molar-refractivity contribution in [2.24, 2.45) is 4.99 Å². The first-order chi connectivity index (χ1) is 14.0. The molecule has 0 unspecified atom stereocenters. The number of carbonyl (C=O) groups is 1. The molecule has 4 rings (SSSR count). The zero-order valence-corrected chi connectivity index (χ0v) is 16.1. The molecular weight excluding hydrogens is 374 g/mol. The Labute approximate surface area is 168 Å². The lowest BCUT2D eigenvalue weighted by Gasteiger charge is -2.42. The Morgan fingerprint density at radius 3 is 2.76 bits per heavy atom. The molecule has 0 bridgehead atoms. The van der Waals surface area contributed by atoms with Gasteiger partial charge in [0.1, 0.15) is 0 Å². The molecule has 2 heterocycles. The number of aliphatic imine (C=N–C) groups is 1. The Kier molecular flexibility index (Phi) is 5.28. The fourth-order valence-electron chi connectivity index (χ4n) is 4.34. The molecule has 6 heteroatoms. The molecule has 2 aromatic rings. The number of benzene rings is 2. The summed E-state index contributed by atoms with van der Waals surface area (Å²) >= 11 is 0. The molecule has 0 saturated heterocycles. The average molecular weight is 396 g/mol. The predicted octanol–water partition coefficient (Wildman–Crippen LogP) is 3.48. The van der Waals surface area contributed by atoms with Gasteiger partial charge in [-0.3, -0.25) is 9.79 Å². The highest BCUT2D eigenvalue weighted by atomic mass is 19.2. The van der Waals surface area contributed by atoms with Crippen LogP contribution in [0.3, 0.4) is 0 Å². The van der Waals surface area contributed by atoms with Crippen LogP contribution in [-0.2, 0) is 17.6 Å². The van der Waals surface area contributed by atoms with Gasteiger partial charge in [-0.2, -0.15) is 0 Å². The smallest absolute Gasteiger partial charge is 0.227 e. The highest BCUT2D eigenvalue weighted by Gasteiger charge is 2.36. The van der Waals surface area contributed by atoms with Crippen molar-refractivity contribution in [1.82, 2.24) is 4.90 Å². The van der Waals surface area contributed by atoms with Gasteiger partial charge in [-0.25, -0.2) is 8.78 Å². The summed E-state index contributed by atoms with van der Waals surface area (Å²) in [6.07, 6.45) is 4.14. The number of aliphatic hydroxyl groups excluding tert-OH is 1. The number of aliphatic hydroxyl groups is 1. The summed E-state index contributed by atoms with van der Waals surface area (Å²) in [6, 6.07) is 9.07. The fraction of sp³-hybridized carbons (Fsp3) is 0.304. The van der Waals surface area contributed by atoms with Crippen LogP contribution < -0.4 is 0 Å². The molecule has 2 aromatic carbocycles. The SMILES string of the molecule is C[C@H]1c2cccc(C3=CCN=C3)c2C[C@H](CO)N1C(=O)Cc1cccc(F)c1F. The summed E-state index contributed by atoms with van der Waals surface area (Å²) in [7, 11) is 0. The number of amides is 1. The molecule has 2 aliphatic rings. The lowest BCUT2D eigenvalue weighted by Crippen LogP contribution is -2.49. The fourth-order valence-corrected chi connectivity index (χ4v) is 4.34. The summed E-state index contributed by atoms with van der Waals surface area (Å²) in [5, 5.41) is 10.0. The first-order valence-corrected chi connectivity index (χ1v) is 9.68. The maximum Gasteiger partial charge on any atom is 0.227 e. The second-order valence-corrected chi connectivity index (χ2v) is 7.43. The van der Waals surface area contributed by atoms with Crippen LogP contribution in [-0.4, -0.2) is 41.3 Å². The van der Waals surface area contributed by atoms with Crippen LogP contribution in [0, 0.1) is 11.6 Å². The molecule has 0 radical (unpaired) electrons. The lowest BCUT2D eigenvalue weighted by molar-refractivity contribution is -0.137. The molecule has 1 amide bonds. The van der Waals surface area contributed by atoms with E-state index < -0.39 is 17.7 Å². The Morgan fingerprint density at radius 1 is 1.24 bits per heavy atom. The average Bonchev–Trinajstić information content (AvgIpc) is 3.25. The number of hydrogen-bond donors (Lipinski definition) is 1. The lowest BCUT2D eigenvalue weighted by atomic mass is 9.83. The summed E-state index contributed by atoms with van der Waals surface area (Å²) in [5.41, 5.74) is 4.23. The normalized spacial score (nSPS) is 20.6. The van der Waals surface area contributed by atoms with Crippen molar-refractivity contribution in [1.29, 1.82) is 0 Å². The number of fused-ring (bicyclic) bond motifs is 1. The van der Waals surface area contributed by atoms with Crippen molar-refractivity contribution in [3.63, 3.8) is 0 Å². The molecular formula is C23H22F2N2O2. The van der Waals surface area contributed by atoms with Gasteiger partial charge in [0.25, 0.3) is 0 Å². The molecule has 1 N–H and O–H groups in total. The second-order valence-electron chi connectivity index (χ2n) is 7.43. The van der Waals surface area contributed by atoms with Gasteiger partial charge in [0.15, 0.2) is 11.6 Å². The zero-order valence-electron chi connectivity index (χ0n) is 16.1. The van der Waals surface area contributed by atoms with E-state index in [2.05, 4.69) is 11.1 Å². The van der Waals surface area contributed by atoms with Crippen molar-refractivity contribution in [2.75, 3.05) is 13.2 Å². The van der Waals surface area contributed by atoms with E-state index in [-0.39, 0.29) is 30.5 Å². The number of hydrogen-bond acceptors (Lipinski definition) is 3. The third-order valence-corrected chi connectivity index (χ3v) is 5.74. The second kappa shape index (κ2) is 7.87.